The van der Waals surface area contributed by atoms with Crippen molar-refractivity contribution in [2.45, 2.75) is 25.7 Å². The molecule has 0 amide bonds. The normalized spacial score (nSPS) is 18.9. The average Bonchev–Trinajstić information content (AvgIpc) is 2.91. The Hall–Kier alpha value is -2.67. The summed E-state index contributed by atoms with van der Waals surface area (Å²) in [6, 6.07) is 7.32. The van der Waals surface area contributed by atoms with E-state index in [1.165, 1.54) is 48.2 Å². The molecule has 0 spiro atoms. The fourth-order valence-electron chi connectivity index (χ4n) is 3.70. The second-order valence-corrected chi connectivity index (χ2v) is 7.12. The van der Waals surface area contributed by atoms with Crippen molar-refractivity contribution in [3.05, 3.63) is 56.9 Å². The third kappa shape index (κ3) is 3.35. The van der Waals surface area contributed by atoms with Gasteiger partial charge < -0.3 is 9.42 Å². The highest BCUT2D eigenvalue weighted by molar-refractivity contribution is 5.84. The summed E-state index contributed by atoms with van der Waals surface area (Å²) in [5.74, 6) is 1.07. The first-order valence-corrected chi connectivity index (χ1v) is 8.99. The summed E-state index contributed by atoms with van der Waals surface area (Å²) >= 11 is 0. The van der Waals surface area contributed by atoms with E-state index in [0.717, 1.165) is 18.4 Å². The van der Waals surface area contributed by atoms with Gasteiger partial charge in [-0.05, 0) is 69.4 Å². The number of hydrogen-bond donors (Lipinski definition) is 1. The van der Waals surface area contributed by atoms with E-state index in [2.05, 4.69) is 28.2 Å². The number of hydrogen-bond acceptors (Lipinski definition) is 5. The number of aromatic nitrogens is 3. The van der Waals surface area contributed by atoms with E-state index >= 15 is 0 Å². The summed E-state index contributed by atoms with van der Waals surface area (Å²) < 4.78 is 6.66. The van der Waals surface area contributed by atoms with E-state index in [-0.39, 0.29) is 0 Å². The Bertz CT molecular complexity index is 1030. The van der Waals surface area contributed by atoms with Crippen LogP contribution in [0.25, 0.3) is 16.8 Å². The molecule has 7 nitrogen and oxygen atoms in total. The lowest BCUT2D eigenvalue weighted by Gasteiger charge is -2.15. The lowest BCUT2D eigenvalue weighted by Crippen LogP contribution is -2.27. The molecule has 3 aromatic rings. The fourth-order valence-corrected chi connectivity index (χ4v) is 3.70. The van der Waals surface area contributed by atoms with E-state index in [1.807, 2.05) is 12.1 Å². The summed E-state index contributed by atoms with van der Waals surface area (Å²) in [7, 11) is 2.18. The van der Waals surface area contributed by atoms with E-state index in [9.17, 15) is 9.59 Å². The molecule has 1 aliphatic rings. The molecule has 1 aromatic carbocycles. The minimum Gasteiger partial charge on any atom is -0.354 e. The van der Waals surface area contributed by atoms with Gasteiger partial charge in [-0.25, -0.2) is 9.36 Å². The van der Waals surface area contributed by atoms with E-state index in [1.54, 1.807) is 0 Å². The van der Waals surface area contributed by atoms with Gasteiger partial charge in [0.25, 0.3) is 5.56 Å². The van der Waals surface area contributed by atoms with Crippen LogP contribution in [0.4, 0.5) is 0 Å². The summed E-state index contributed by atoms with van der Waals surface area (Å²) in [6.07, 6.45) is 6.10. The number of fused-ring (bicyclic) bond motifs is 1. The van der Waals surface area contributed by atoms with Gasteiger partial charge in [0.2, 0.25) is 0 Å². The molecular formula is C19H22N4O3. The Morgan fingerprint density at radius 1 is 1.23 bits per heavy atom. The molecule has 1 aliphatic heterocycles. The molecule has 1 saturated heterocycles. The van der Waals surface area contributed by atoms with Crippen LogP contribution < -0.4 is 11.2 Å². The third-order valence-corrected chi connectivity index (χ3v) is 5.16. The number of aromatic amines is 1. The van der Waals surface area contributed by atoms with Gasteiger partial charge in [0, 0.05) is 12.3 Å². The highest BCUT2D eigenvalue weighted by Crippen LogP contribution is 2.26. The first-order valence-electron chi connectivity index (χ1n) is 8.99. The van der Waals surface area contributed by atoms with Crippen molar-refractivity contribution in [3.63, 3.8) is 0 Å². The maximum absolute atomic E-state index is 12.1. The topological polar surface area (TPSA) is 84.1 Å². The number of likely N-dealkylation sites (tertiary alicyclic amines) is 1. The van der Waals surface area contributed by atoms with Crippen LogP contribution in [0.1, 0.15) is 24.8 Å². The first kappa shape index (κ1) is 16.8. The van der Waals surface area contributed by atoms with Crippen LogP contribution in [-0.2, 0) is 6.42 Å². The number of nitrogens with one attached hydrogen (secondary N) is 1. The van der Waals surface area contributed by atoms with Crippen LogP contribution in [0.3, 0.4) is 0 Å². The first-order chi connectivity index (χ1) is 12.6. The highest BCUT2D eigenvalue weighted by atomic mass is 16.5. The fraction of sp³-hybridized carbons (Fsp3) is 0.421. The van der Waals surface area contributed by atoms with Crippen molar-refractivity contribution < 1.29 is 4.52 Å². The van der Waals surface area contributed by atoms with Gasteiger partial charge in [0.1, 0.15) is 0 Å². The molecule has 0 saturated carbocycles. The zero-order chi connectivity index (χ0) is 18.1. The molecule has 0 radical (unpaired) electrons. The van der Waals surface area contributed by atoms with Crippen molar-refractivity contribution in [2.24, 2.45) is 5.92 Å². The third-order valence-electron chi connectivity index (χ3n) is 5.16. The van der Waals surface area contributed by atoms with E-state index < -0.39 is 11.2 Å². The second kappa shape index (κ2) is 6.92. The Balaban J connectivity index is 1.66. The molecule has 0 bridgehead atoms. The molecule has 1 atom stereocenters. The predicted octanol–water partition coefficient (Wildman–Crippen LogP) is 1.94. The minimum absolute atomic E-state index is 0.406. The van der Waals surface area contributed by atoms with Gasteiger partial charge in [-0.3, -0.25) is 9.78 Å². The standard InChI is InChI=1S/C19H22N4O3/c1-22-8-2-3-13(6-9-22)11-14-4-5-16-15(12-14)18(21-26-16)23-10-7-17(24)20-19(23)25/h4-5,7,10,12-13H,2-3,6,8-9,11H2,1H3,(H,20,24,25). The Morgan fingerprint density at radius 2 is 2.12 bits per heavy atom. The maximum atomic E-state index is 12.1. The molecule has 7 heteroatoms. The van der Waals surface area contributed by atoms with Crippen LogP contribution in [-0.4, -0.2) is 39.7 Å². The van der Waals surface area contributed by atoms with Crippen molar-refractivity contribution in [2.75, 3.05) is 20.1 Å². The number of benzene rings is 1. The maximum Gasteiger partial charge on any atom is 0.334 e. The lowest BCUT2D eigenvalue weighted by molar-refractivity contribution is 0.341. The van der Waals surface area contributed by atoms with Crippen molar-refractivity contribution in [1.29, 1.82) is 0 Å². The smallest absolute Gasteiger partial charge is 0.334 e. The molecule has 1 N–H and O–H groups in total. The Labute approximate surface area is 150 Å². The Kier molecular flexibility index (Phi) is 4.46. The molecule has 136 valence electrons. The molecule has 1 fully saturated rings. The molecule has 2 aromatic heterocycles. The summed E-state index contributed by atoms with van der Waals surface area (Å²) in [4.78, 5) is 28.0. The highest BCUT2D eigenvalue weighted by Gasteiger charge is 2.17. The van der Waals surface area contributed by atoms with Gasteiger partial charge in [0.15, 0.2) is 11.4 Å². The minimum atomic E-state index is -0.523. The van der Waals surface area contributed by atoms with Crippen LogP contribution in [0, 0.1) is 5.92 Å². The van der Waals surface area contributed by atoms with Crippen LogP contribution >= 0.6 is 0 Å². The zero-order valence-electron chi connectivity index (χ0n) is 14.8. The SMILES string of the molecule is CN1CCCC(Cc2ccc3onc(-n4ccc(=O)[nH]c4=O)c3c2)CC1. The van der Waals surface area contributed by atoms with Gasteiger partial charge in [-0.15, -0.1) is 0 Å². The largest absolute Gasteiger partial charge is 0.354 e. The average molecular weight is 354 g/mol. The molecule has 26 heavy (non-hydrogen) atoms. The zero-order valence-corrected chi connectivity index (χ0v) is 14.8. The monoisotopic (exact) mass is 354 g/mol. The van der Waals surface area contributed by atoms with Gasteiger partial charge in [-0.1, -0.05) is 11.2 Å². The van der Waals surface area contributed by atoms with E-state index in [4.69, 9.17) is 4.52 Å². The molecular weight excluding hydrogens is 332 g/mol. The summed E-state index contributed by atoms with van der Waals surface area (Å²) in [5.41, 5.74) is 0.888. The van der Waals surface area contributed by atoms with Crippen LogP contribution in [0.15, 0.2) is 44.6 Å². The predicted molar refractivity (Wildman–Crippen MR) is 98.8 cm³/mol. The second-order valence-electron chi connectivity index (χ2n) is 7.12. The van der Waals surface area contributed by atoms with Gasteiger partial charge in [-0.2, -0.15) is 0 Å². The number of H-pyrrole nitrogens is 1. The molecule has 1 unspecified atom stereocenters. The van der Waals surface area contributed by atoms with Crippen molar-refractivity contribution in [3.8, 4) is 5.82 Å². The molecule has 0 aliphatic carbocycles. The Morgan fingerprint density at radius 3 is 2.96 bits per heavy atom. The van der Waals surface area contributed by atoms with Gasteiger partial charge >= 0.3 is 5.69 Å². The van der Waals surface area contributed by atoms with E-state index in [0.29, 0.717) is 17.3 Å². The van der Waals surface area contributed by atoms with Crippen molar-refractivity contribution >= 4 is 11.0 Å². The molecule has 4 rings (SSSR count). The lowest BCUT2D eigenvalue weighted by atomic mass is 9.92. The summed E-state index contributed by atoms with van der Waals surface area (Å²) in [5, 5.41) is 4.81. The van der Waals surface area contributed by atoms with Crippen LogP contribution in [0.2, 0.25) is 0 Å². The number of rotatable bonds is 3. The number of nitrogens with zero attached hydrogens (tertiary/aromatic N) is 3. The van der Waals surface area contributed by atoms with Crippen molar-refractivity contribution in [1.82, 2.24) is 19.6 Å². The van der Waals surface area contributed by atoms with Gasteiger partial charge in [0.05, 0.1) is 5.39 Å². The quantitative estimate of drug-likeness (QED) is 0.777. The molecule has 3 heterocycles. The summed E-state index contributed by atoms with van der Waals surface area (Å²) in [6.45, 7) is 2.30. The van der Waals surface area contributed by atoms with Crippen LogP contribution in [0.5, 0.6) is 0 Å².